The van der Waals surface area contributed by atoms with E-state index >= 15 is 0 Å². The van der Waals surface area contributed by atoms with Crippen molar-refractivity contribution in [2.75, 3.05) is 0 Å². The van der Waals surface area contributed by atoms with E-state index in [1.807, 2.05) is 30.5 Å². The fraction of sp³-hybridized carbons (Fsp3) is 0.273. The van der Waals surface area contributed by atoms with Crippen molar-refractivity contribution in [1.29, 1.82) is 0 Å². The van der Waals surface area contributed by atoms with Crippen molar-refractivity contribution in [3.8, 4) is 5.75 Å². The highest BCUT2D eigenvalue weighted by atomic mass is 35.5. The lowest BCUT2D eigenvalue weighted by Crippen LogP contribution is -2.19. The van der Waals surface area contributed by atoms with E-state index in [0.29, 0.717) is 23.2 Å². The number of ether oxygens (including phenoxy) is 1. The SMILES string of the molecule is Cc1cc(OCc2ccc(/C=N/NC(=O)c3csc4c3CCCC4)o2)ccc1Cl. The molecular weight excluding hydrogens is 408 g/mol. The Hall–Kier alpha value is -2.57. The van der Waals surface area contributed by atoms with Crippen LogP contribution in [0.5, 0.6) is 5.75 Å². The van der Waals surface area contributed by atoms with Crippen LogP contribution in [0.3, 0.4) is 0 Å². The Morgan fingerprint density at radius 2 is 2.17 bits per heavy atom. The smallest absolute Gasteiger partial charge is 0.272 e. The Morgan fingerprint density at radius 3 is 3.03 bits per heavy atom. The van der Waals surface area contributed by atoms with Gasteiger partial charge in [0.15, 0.2) is 0 Å². The van der Waals surface area contributed by atoms with Crippen LogP contribution in [-0.2, 0) is 19.4 Å². The molecule has 0 bridgehead atoms. The lowest BCUT2D eigenvalue weighted by atomic mass is 9.96. The van der Waals surface area contributed by atoms with Crippen LogP contribution in [0.4, 0.5) is 0 Å². The van der Waals surface area contributed by atoms with Gasteiger partial charge in [-0.15, -0.1) is 11.3 Å². The third-order valence-electron chi connectivity index (χ3n) is 4.86. The van der Waals surface area contributed by atoms with E-state index in [1.165, 1.54) is 23.1 Å². The van der Waals surface area contributed by atoms with Gasteiger partial charge >= 0.3 is 0 Å². The third-order valence-corrected chi connectivity index (χ3v) is 6.37. The van der Waals surface area contributed by atoms with Gasteiger partial charge in [0.25, 0.3) is 5.91 Å². The first-order chi connectivity index (χ1) is 14.1. The van der Waals surface area contributed by atoms with Crippen molar-refractivity contribution in [1.82, 2.24) is 5.43 Å². The Morgan fingerprint density at radius 1 is 1.31 bits per heavy atom. The van der Waals surface area contributed by atoms with E-state index in [4.69, 9.17) is 20.8 Å². The van der Waals surface area contributed by atoms with Gasteiger partial charge in [0.1, 0.15) is 23.9 Å². The van der Waals surface area contributed by atoms with Gasteiger partial charge in [-0.2, -0.15) is 5.10 Å². The van der Waals surface area contributed by atoms with Gasteiger partial charge in [0, 0.05) is 15.3 Å². The molecule has 0 saturated heterocycles. The van der Waals surface area contributed by atoms with E-state index in [2.05, 4.69) is 10.5 Å². The number of hydrogen-bond donors (Lipinski definition) is 1. The molecule has 1 aliphatic rings. The maximum absolute atomic E-state index is 12.4. The standard InChI is InChI=1S/C22H21ClN2O3S/c1-14-10-15(8-9-20(14)23)27-12-17-7-6-16(28-17)11-24-25-22(26)19-13-29-21-5-3-2-4-18(19)21/h6-11,13H,2-5,12H2,1H3,(H,25,26)/b24-11+. The summed E-state index contributed by atoms with van der Waals surface area (Å²) >= 11 is 7.69. The minimum absolute atomic E-state index is 0.172. The summed E-state index contributed by atoms with van der Waals surface area (Å²) in [7, 11) is 0. The van der Waals surface area contributed by atoms with Crippen molar-refractivity contribution >= 4 is 35.1 Å². The first kappa shape index (κ1) is 19.7. The minimum atomic E-state index is -0.172. The summed E-state index contributed by atoms with van der Waals surface area (Å²) in [6.45, 7) is 2.22. The normalized spacial score (nSPS) is 13.4. The molecule has 4 rings (SSSR count). The maximum Gasteiger partial charge on any atom is 0.272 e. The van der Waals surface area contributed by atoms with Crippen LogP contribution in [0, 0.1) is 6.92 Å². The quantitative estimate of drug-likeness (QED) is 0.415. The second kappa shape index (κ2) is 8.84. The zero-order valence-electron chi connectivity index (χ0n) is 16.0. The summed E-state index contributed by atoms with van der Waals surface area (Å²) in [6, 6.07) is 9.11. The Labute approximate surface area is 178 Å². The van der Waals surface area contributed by atoms with Crippen molar-refractivity contribution in [3.05, 3.63) is 73.8 Å². The summed E-state index contributed by atoms with van der Waals surface area (Å²) in [5.74, 6) is 1.76. The van der Waals surface area contributed by atoms with Gasteiger partial charge in [0.05, 0.1) is 11.8 Å². The van der Waals surface area contributed by atoms with E-state index in [0.717, 1.165) is 36.1 Å². The molecule has 1 aliphatic carbocycles. The van der Waals surface area contributed by atoms with Crippen molar-refractivity contribution in [2.45, 2.75) is 39.2 Å². The number of hydrogen-bond acceptors (Lipinski definition) is 5. The lowest BCUT2D eigenvalue weighted by Gasteiger charge is -2.11. The number of benzene rings is 1. The second-order valence-electron chi connectivity index (χ2n) is 6.96. The fourth-order valence-corrected chi connectivity index (χ4v) is 4.55. The number of amides is 1. The average Bonchev–Trinajstić information content (AvgIpc) is 3.36. The van der Waals surface area contributed by atoms with Gasteiger partial charge in [0.2, 0.25) is 0 Å². The predicted molar refractivity (Wildman–Crippen MR) is 115 cm³/mol. The van der Waals surface area contributed by atoms with Crippen LogP contribution in [0.2, 0.25) is 5.02 Å². The number of fused-ring (bicyclic) bond motifs is 1. The number of nitrogens with one attached hydrogen (secondary N) is 1. The molecule has 1 N–H and O–H groups in total. The molecule has 5 nitrogen and oxygen atoms in total. The Bertz CT molecular complexity index is 1050. The molecular formula is C22H21ClN2O3S. The topological polar surface area (TPSA) is 63.8 Å². The molecule has 7 heteroatoms. The lowest BCUT2D eigenvalue weighted by molar-refractivity contribution is 0.0954. The predicted octanol–water partition coefficient (Wildman–Crippen LogP) is 5.52. The molecule has 3 aromatic rings. The van der Waals surface area contributed by atoms with Crippen molar-refractivity contribution < 1.29 is 13.9 Å². The number of aryl methyl sites for hydroxylation is 2. The molecule has 0 atom stereocenters. The summed E-state index contributed by atoms with van der Waals surface area (Å²) in [4.78, 5) is 13.7. The second-order valence-corrected chi connectivity index (χ2v) is 8.33. The minimum Gasteiger partial charge on any atom is -0.486 e. The molecule has 0 fully saturated rings. The van der Waals surface area contributed by atoms with Gasteiger partial charge in [-0.25, -0.2) is 5.43 Å². The zero-order valence-corrected chi connectivity index (χ0v) is 17.6. The number of furan rings is 1. The van der Waals surface area contributed by atoms with E-state index in [-0.39, 0.29) is 5.91 Å². The zero-order chi connectivity index (χ0) is 20.2. The monoisotopic (exact) mass is 428 g/mol. The number of thiophene rings is 1. The fourth-order valence-electron chi connectivity index (χ4n) is 3.30. The molecule has 0 radical (unpaired) electrons. The number of carbonyl (C=O) groups is 1. The molecule has 2 aromatic heterocycles. The van der Waals surface area contributed by atoms with E-state index < -0.39 is 0 Å². The largest absolute Gasteiger partial charge is 0.486 e. The molecule has 0 aliphatic heterocycles. The average molecular weight is 429 g/mol. The van der Waals surface area contributed by atoms with E-state index in [1.54, 1.807) is 23.5 Å². The maximum atomic E-state index is 12.4. The van der Waals surface area contributed by atoms with E-state index in [9.17, 15) is 4.79 Å². The third kappa shape index (κ3) is 4.71. The molecule has 2 heterocycles. The number of rotatable bonds is 6. The molecule has 150 valence electrons. The van der Waals surface area contributed by atoms with Gasteiger partial charge < -0.3 is 9.15 Å². The van der Waals surface area contributed by atoms with Crippen LogP contribution < -0.4 is 10.2 Å². The van der Waals surface area contributed by atoms with Gasteiger partial charge in [-0.05, 0) is 74.1 Å². The Kier molecular flexibility index (Phi) is 6.02. The first-order valence-corrected chi connectivity index (χ1v) is 10.8. The van der Waals surface area contributed by atoms with Crippen LogP contribution in [0.1, 0.15) is 50.7 Å². The van der Waals surface area contributed by atoms with Crippen molar-refractivity contribution in [2.24, 2.45) is 5.10 Å². The number of halogens is 1. The van der Waals surface area contributed by atoms with Crippen LogP contribution in [0.25, 0.3) is 0 Å². The van der Waals surface area contributed by atoms with Gasteiger partial charge in [-0.1, -0.05) is 11.6 Å². The highest BCUT2D eigenvalue weighted by Gasteiger charge is 2.19. The van der Waals surface area contributed by atoms with Gasteiger partial charge in [-0.3, -0.25) is 4.79 Å². The number of hydrazone groups is 1. The first-order valence-electron chi connectivity index (χ1n) is 9.50. The summed E-state index contributed by atoms with van der Waals surface area (Å²) < 4.78 is 11.4. The molecule has 0 unspecified atom stereocenters. The highest BCUT2D eigenvalue weighted by Crippen LogP contribution is 2.30. The van der Waals surface area contributed by atoms with Crippen LogP contribution in [-0.4, -0.2) is 12.1 Å². The highest BCUT2D eigenvalue weighted by molar-refractivity contribution is 7.10. The number of nitrogens with zero attached hydrogens (tertiary/aromatic N) is 1. The van der Waals surface area contributed by atoms with Crippen LogP contribution >= 0.6 is 22.9 Å². The molecule has 1 aromatic carbocycles. The molecule has 1 amide bonds. The van der Waals surface area contributed by atoms with Crippen LogP contribution in [0.15, 0.2) is 45.2 Å². The molecule has 0 saturated carbocycles. The summed E-state index contributed by atoms with van der Waals surface area (Å²) in [6.07, 6.45) is 5.88. The van der Waals surface area contributed by atoms with Crippen molar-refractivity contribution in [3.63, 3.8) is 0 Å². The molecule has 29 heavy (non-hydrogen) atoms. The molecule has 0 spiro atoms. The number of carbonyl (C=O) groups excluding carboxylic acids is 1. The summed E-state index contributed by atoms with van der Waals surface area (Å²) in [5.41, 5.74) is 5.48. The Balaban J connectivity index is 1.31. The summed E-state index contributed by atoms with van der Waals surface area (Å²) in [5, 5.41) is 6.67.